The molecular weight excluding hydrogens is 130 g/mol. The number of likely N-dealkylation sites (tertiary alicyclic amines) is 1. The number of Topliss-reactive ketones (excluding diaryl/α,β-unsaturated/α-hetero) is 1. The lowest BCUT2D eigenvalue weighted by Crippen LogP contribution is -2.36. The van der Waals surface area contributed by atoms with E-state index in [1.165, 1.54) is 0 Å². The standard InChI is InChI=1S/C7H13NO2/c1-5(9)6-3-4-7(10)8(6)2/h6-7,10H,3-4H2,1-2H3. The van der Waals surface area contributed by atoms with E-state index in [1.807, 2.05) is 0 Å². The smallest absolute Gasteiger partial charge is 0.146 e. The van der Waals surface area contributed by atoms with Crippen molar-refractivity contribution in [1.82, 2.24) is 4.90 Å². The number of rotatable bonds is 1. The van der Waals surface area contributed by atoms with Gasteiger partial charge in [0, 0.05) is 0 Å². The van der Waals surface area contributed by atoms with Crippen LogP contribution >= 0.6 is 0 Å². The summed E-state index contributed by atoms with van der Waals surface area (Å²) in [6.07, 6.45) is 1.11. The molecule has 0 saturated carbocycles. The normalized spacial score (nSPS) is 34.7. The first-order valence-electron chi connectivity index (χ1n) is 3.53. The molecule has 0 aromatic carbocycles. The first-order chi connectivity index (χ1) is 4.63. The minimum absolute atomic E-state index is 0.0463. The lowest BCUT2D eigenvalue weighted by molar-refractivity contribution is -0.122. The SMILES string of the molecule is CC(=O)C1CCC(O)N1C. The van der Waals surface area contributed by atoms with Crippen LogP contribution in [0.15, 0.2) is 0 Å². The number of nitrogens with zero attached hydrogens (tertiary/aromatic N) is 1. The molecule has 1 aliphatic rings. The lowest BCUT2D eigenvalue weighted by atomic mass is 10.1. The maximum atomic E-state index is 10.8. The Labute approximate surface area is 60.6 Å². The summed E-state index contributed by atoms with van der Waals surface area (Å²) >= 11 is 0. The average Bonchev–Trinajstić information content (AvgIpc) is 2.14. The van der Waals surface area contributed by atoms with Gasteiger partial charge in [-0.05, 0) is 26.8 Å². The van der Waals surface area contributed by atoms with Crippen molar-refractivity contribution in [2.45, 2.75) is 32.0 Å². The summed E-state index contributed by atoms with van der Waals surface area (Å²) in [5.74, 6) is 0.152. The van der Waals surface area contributed by atoms with Crippen LogP contribution in [-0.4, -0.2) is 35.1 Å². The maximum absolute atomic E-state index is 10.8. The molecule has 1 aliphatic heterocycles. The van der Waals surface area contributed by atoms with E-state index in [4.69, 9.17) is 0 Å². The van der Waals surface area contributed by atoms with Gasteiger partial charge in [-0.15, -0.1) is 0 Å². The highest BCUT2D eigenvalue weighted by Gasteiger charge is 2.31. The van der Waals surface area contributed by atoms with Crippen molar-refractivity contribution in [1.29, 1.82) is 0 Å². The number of hydrogen-bond acceptors (Lipinski definition) is 3. The molecule has 1 rings (SSSR count). The van der Waals surface area contributed by atoms with Crippen LogP contribution in [0.1, 0.15) is 19.8 Å². The van der Waals surface area contributed by atoms with Crippen molar-refractivity contribution >= 4 is 5.78 Å². The molecule has 1 saturated heterocycles. The van der Waals surface area contributed by atoms with Crippen LogP contribution in [0, 0.1) is 0 Å². The Bertz CT molecular complexity index is 147. The third kappa shape index (κ3) is 1.20. The highest BCUT2D eigenvalue weighted by atomic mass is 16.3. The van der Waals surface area contributed by atoms with Crippen molar-refractivity contribution in [2.24, 2.45) is 0 Å². The number of likely N-dealkylation sites (N-methyl/N-ethyl adjacent to an activating group) is 1. The first kappa shape index (κ1) is 7.69. The van der Waals surface area contributed by atoms with Crippen LogP contribution in [-0.2, 0) is 4.79 Å². The quantitative estimate of drug-likeness (QED) is 0.561. The third-order valence-corrected chi connectivity index (χ3v) is 2.13. The van der Waals surface area contributed by atoms with Gasteiger partial charge >= 0.3 is 0 Å². The van der Waals surface area contributed by atoms with E-state index in [2.05, 4.69) is 0 Å². The summed E-state index contributed by atoms with van der Waals surface area (Å²) in [5, 5.41) is 9.19. The van der Waals surface area contributed by atoms with Gasteiger partial charge in [0.05, 0.1) is 6.04 Å². The number of carbonyl (C=O) groups is 1. The number of aliphatic hydroxyl groups is 1. The zero-order valence-corrected chi connectivity index (χ0v) is 6.37. The number of hydrogen-bond donors (Lipinski definition) is 1. The van der Waals surface area contributed by atoms with Gasteiger partial charge in [0.25, 0.3) is 0 Å². The van der Waals surface area contributed by atoms with Gasteiger partial charge in [-0.2, -0.15) is 0 Å². The highest BCUT2D eigenvalue weighted by Crippen LogP contribution is 2.20. The fraction of sp³-hybridized carbons (Fsp3) is 0.857. The lowest BCUT2D eigenvalue weighted by Gasteiger charge is -2.19. The molecule has 58 valence electrons. The van der Waals surface area contributed by atoms with E-state index in [-0.39, 0.29) is 11.8 Å². The molecule has 3 heteroatoms. The van der Waals surface area contributed by atoms with Gasteiger partial charge in [-0.3, -0.25) is 9.69 Å². The molecule has 0 amide bonds. The van der Waals surface area contributed by atoms with Gasteiger partial charge in [-0.1, -0.05) is 0 Å². The van der Waals surface area contributed by atoms with Crippen molar-refractivity contribution in [3.05, 3.63) is 0 Å². The van der Waals surface area contributed by atoms with Crippen molar-refractivity contribution in [2.75, 3.05) is 7.05 Å². The molecule has 1 N–H and O–H groups in total. The average molecular weight is 143 g/mol. The van der Waals surface area contributed by atoms with Crippen molar-refractivity contribution in [3.8, 4) is 0 Å². The third-order valence-electron chi connectivity index (χ3n) is 2.13. The van der Waals surface area contributed by atoms with E-state index < -0.39 is 6.23 Å². The molecule has 0 bridgehead atoms. The van der Waals surface area contributed by atoms with Crippen LogP contribution in [0.3, 0.4) is 0 Å². The molecule has 2 unspecified atom stereocenters. The Morgan fingerprint density at radius 2 is 2.20 bits per heavy atom. The topological polar surface area (TPSA) is 40.5 Å². The Balaban J connectivity index is 2.57. The second-order valence-electron chi connectivity index (χ2n) is 2.85. The molecule has 0 aromatic rings. The molecule has 1 fully saturated rings. The molecule has 0 aromatic heterocycles. The van der Waals surface area contributed by atoms with E-state index in [1.54, 1.807) is 18.9 Å². The zero-order chi connectivity index (χ0) is 7.72. The minimum Gasteiger partial charge on any atom is -0.378 e. The van der Waals surface area contributed by atoms with E-state index in [9.17, 15) is 9.90 Å². The molecule has 0 aliphatic carbocycles. The Kier molecular flexibility index (Phi) is 2.06. The van der Waals surface area contributed by atoms with Crippen molar-refractivity contribution < 1.29 is 9.90 Å². The van der Waals surface area contributed by atoms with Crippen LogP contribution in [0.4, 0.5) is 0 Å². The molecule has 3 nitrogen and oxygen atoms in total. The molecular formula is C7H13NO2. The summed E-state index contributed by atoms with van der Waals surface area (Å²) in [6.45, 7) is 1.57. The highest BCUT2D eigenvalue weighted by molar-refractivity contribution is 5.81. The Hall–Kier alpha value is -0.410. The monoisotopic (exact) mass is 143 g/mol. The largest absolute Gasteiger partial charge is 0.378 e. The fourth-order valence-electron chi connectivity index (χ4n) is 1.41. The molecule has 10 heavy (non-hydrogen) atoms. The zero-order valence-electron chi connectivity index (χ0n) is 6.37. The molecule has 0 spiro atoms. The van der Waals surface area contributed by atoms with E-state index >= 15 is 0 Å². The summed E-state index contributed by atoms with van der Waals surface area (Å²) in [6, 6.07) is -0.0463. The van der Waals surface area contributed by atoms with Crippen LogP contribution in [0.2, 0.25) is 0 Å². The predicted octanol–water partition coefficient (Wildman–Crippen LogP) is -0.0120. The van der Waals surface area contributed by atoms with E-state index in [0.717, 1.165) is 12.8 Å². The van der Waals surface area contributed by atoms with Crippen LogP contribution in [0.25, 0.3) is 0 Å². The number of aliphatic hydroxyl groups excluding tert-OH is 1. The Morgan fingerprint density at radius 3 is 2.40 bits per heavy atom. The van der Waals surface area contributed by atoms with Crippen molar-refractivity contribution in [3.63, 3.8) is 0 Å². The number of carbonyl (C=O) groups excluding carboxylic acids is 1. The van der Waals surface area contributed by atoms with E-state index in [0.29, 0.717) is 0 Å². The maximum Gasteiger partial charge on any atom is 0.146 e. The van der Waals surface area contributed by atoms with Gasteiger partial charge in [-0.25, -0.2) is 0 Å². The fourth-order valence-corrected chi connectivity index (χ4v) is 1.41. The van der Waals surface area contributed by atoms with Crippen LogP contribution in [0.5, 0.6) is 0 Å². The molecule has 2 atom stereocenters. The predicted molar refractivity (Wildman–Crippen MR) is 37.5 cm³/mol. The summed E-state index contributed by atoms with van der Waals surface area (Å²) in [4.78, 5) is 12.6. The second-order valence-corrected chi connectivity index (χ2v) is 2.85. The summed E-state index contributed by atoms with van der Waals surface area (Å²) < 4.78 is 0. The second kappa shape index (κ2) is 2.68. The molecule has 0 radical (unpaired) electrons. The summed E-state index contributed by atoms with van der Waals surface area (Å²) in [5.41, 5.74) is 0. The first-order valence-corrected chi connectivity index (χ1v) is 3.53. The van der Waals surface area contributed by atoms with Gasteiger partial charge < -0.3 is 5.11 Å². The number of ketones is 1. The van der Waals surface area contributed by atoms with Gasteiger partial charge in [0.15, 0.2) is 0 Å². The van der Waals surface area contributed by atoms with Gasteiger partial charge in [0.2, 0.25) is 0 Å². The van der Waals surface area contributed by atoms with Gasteiger partial charge in [0.1, 0.15) is 12.0 Å². The minimum atomic E-state index is -0.408. The van der Waals surface area contributed by atoms with Crippen LogP contribution < -0.4 is 0 Å². The Morgan fingerprint density at radius 1 is 1.60 bits per heavy atom. The summed E-state index contributed by atoms with van der Waals surface area (Å²) in [7, 11) is 1.78. The molecule has 1 heterocycles.